The molecule has 0 saturated heterocycles. The molecule has 0 saturated carbocycles. The summed E-state index contributed by atoms with van der Waals surface area (Å²) >= 11 is 0. The van der Waals surface area contributed by atoms with Gasteiger partial charge in [0.1, 0.15) is 6.07 Å². The van der Waals surface area contributed by atoms with Gasteiger partial charge in [-0.15, -0.1) is 0 Å². The molecular weight excluding hydrogens is 255 g/mol. The van der Waals surface area contributed by atoms with Crippen molar-refractivity contribution in [3.63, 3.8) is 0 Å². The third-order valence-corrected chi connectivity index (χ3v) is 2.51. The Hall–Kier alpha value is -2.55. The van der Waals surface area contributed by atoms with E-state index in [9.17, 15) is 13.2 Å². The van der Waals surface area contributed by atoms with Gasteiger partial charge < -0.3 is 5.73 Å². The Bertz CT molecular complexity index is 657. The molecule has 2 rings (SSSR count). The fraction of sp³-hybridized carbons (Fsp3) is 0.0769. The second-order valence-electron chi connectivity index (χ2n) is 3.85. The topological polar surface area (TPSA) is 62.7 Å². The molecule has 0 aliphatic carbocycles. The minimum atomic E-state index is -4.42. The molecule has 1 aromatic carbocycles. The molecule has 1 aromatic heterocycles. The van der Waals surface area contributed by atoms with Crippen molar-refractivity contribution in [3.8, 4) is 17.3 Å². The second kappa shape index (κ2) is 4.61. The minimum absolute atomic E-state index is 0.165. The number of alkyl halides is 3. The van der Waals surface area contributed by atoms with E-state index in [1.54, 1.807) is 0 Å². The van der Waals surface area contributed by atoms with E-state index < -0.39 is 11.7 Å². The lowest BCUT2D eigenvalue weighted by molar-refractivity contribution is -0.137. The molecule has 3 nitrogen and oxygen atoms in total. The van der Waals surface area contributed by atoms with Crippen LogP contribution in [0.5, 0.6) is 0 Å². The summed E-state index contributed by atoms with van der Waals surface area (Å²) in [7, 11) is 0. The molecular formula is C13H8F3N3. The predicted molar refractivity (Wildman–Crippen MR) is 63.8 cm³/mol. The van der Waals surface area contributed by atoms with Gasteiger partial charge in [0, 0.05) is 11.8 Å². The predicted octanol–water partition coefficient (Wildman–Crippen LogP) is 3.22. The molecule has 19 heavy (non-hydrogen) atoms. The Labute approximate surface area is 107 Å². The molecule has 0 radical (unpaired) electrons. The van der Waals surface area contributed by atoms with Gasteiger partial charge in [0.25, 0.3) is 0 Å². The quantitative estimate of drug-likeness (QED) is 0.859. The van der Waals surface area contributed by atoms with Crippen LogP contribution in [0.15, 0.2) is 36.5 Å². The number of hydrogen-bond donors (Lipinski definition) is 1. The molecule has 0 unspecified atom stereocenters. The van der Waals surface area contributed by atoms with Gasteiger partial charge in [0.05, 0.1) is 22.5 Å². The zero-order valence-corrected chi connectivity index (χ0v) is 9.57. The zero-order valence-electron chi connectivity index (χ0n) is 9.57. The van der Waals surface area contributed by atoms with Crippen LogP contribution in [0.2, 0.25) is 0 Å². The molecule has 2 N–H and O–H groups in total. The number of nitriles is 1. The van der Waals surface area contributed by atoms with Gasteiger partial charge in [0.2, 0.25) is 0 Å². The summed E-state index contributed by atoms with van der Waals surface area (Å²) in [5.74, 6) is 0. The first kappa shape index (κ1) is 12.9. The van der Waals surface area contributed by atoms with Crippen LogP contribution in [0, 0.1) is 11.3 Å². The summed E-state index contributed by atoms with van der Waals surface area (Å²) in [6, 6.07) is 7.96. The van der Waals surface area contributed by atoms with Gasteiger partial charge >= 0.3 is 6.18 Å². The number of pyridine rings is 1. The number of rotatable bonds is 1. The summed E-state index contributed by atoms with van der Waals surface area (Å²) in [5, 5.41) is 8.68. The molecule has 2 aromatic rings. The molecule has 6 heteroatoms. The SMILES string of the molecule is N#Cc1cnc(-c2cccc(C(F)(F)F)c2)c(N)c1. The van der Waals surface area contributed by atoms with Crippen LogP contribution in [-0.4, -0.2) is 4.98 Å². The third kappa shape index (κ3) is 2.65. The number of nitrogen functional groups attached to an aromatic ring is 1. The maximum absolute atomic E-state index is 12.6. The number of aromatic nitrogens is 1. The number of nitrogens with two attached hydrogens (primary N) is 1. The van der Waals surface area contributed by atoms with Crippen molar-refractivity contribution >= 4 is 5.69 Å². The highest BCUT2D eigenvalue weighted by atomic mass is 19.4. The van der Waals surface area contributed by atoms with Gasteiger partial charge in [-0.1, -0.05) is 12.1 Å². The monoisotopic (exact) mass is 263 g/mol. The first-order valence-electron chi connectivity index (χ1n) is 5.25. The lowest BCUT2D eigenvalue weighted by Gasteiger charge is -2.09. The summed E-state index contributed by atoms with van der Waals surface area (Å²) in [6.07, 6.45) is -3.15. The standard InChI is InChI=1S/C13H8F3N3/c14-13(15,16)10-3-1-2-9(5-10)12-11(18)4-8(6-17)7-19-12/h1-5,7H,18H2. The molecule has 0 aliphatic heterocycles. The number of halogens is 3. The highest BCUT2D eigenvalue weighted by Gasteiger charge is 2.30. The van der Waals surface area contributed by atoms with Gasteiger partial charge in [-0.3, -0.25) is 4.98 Å². The Morgan fingerprint density at radius 1 is 1.21 bits per heavy atom. The second-order valence-corrected chi connectivity index (χ2v) is 3.85. The molecule has 96 valence electrons. The average molecular weight is 263 g/mol. The molecule has 0 spiro atoms. The number of anilines is 1. The van der Waals surface area contributed by atoms with Crippen LogP contribution in [0.3, 0.4) is 0 Å². The van der Waals surface area contributed by atoms with Gasteiger partial charge in [-0.25, -0.2) is 0 Å². The lowest BCUT2D eigenvalue weighted by atomic mass is 10.1. The number of benzene rings is 1. The van der Waals surface area contributed by atoms with Crippen LogP contribution < -0.4 is 5.73 Å². The average Bonchev–Trinajstić information content (AvgIpc) is 2.37. The molecule has 0 fully saturated rings. The number of hydrogen-bond acceptors (Lipinski definition) is 3. The van der Waals surface area contributed by atoms with Gasteiger partial charge in [-0.05, 0) is 18.2 Å². The van der Waals surface area contributed by atoms with Crippen LogP contribution in [-0.2, 0) is 6.18 Å². The van der Waals surface area contributed by atoms with E-state index in [-0.39, 0.29) is 22.5 Å². The summed E-state index contributed by atoms with van der Waals surface area (Å²) < 4.78 is 37.8. The molecule has 0 atom stereocenters. The van der Waals surface area contributed by atoms with Crippen molar-refractivity contribution in [1.82, 2.24) is 4.98 Å². The van der Waals surface area contributed by atoms with Gasteiger partial charge in [-0.2, -0.15) is 18.4 Å². The van der Waals surface area contributed by atoms with Crippen LogP contribution in [0.25, 0.3) is 11.3 Å². The van der Waals surface area contributed by atoms with E-state index >= 15 is 0 Å². The fourth-order valence-electron chi connectivity index (χ4n) is 1.63. The Balaban J connectivity index is 2.51. The van der Waals surface area contributed by atoms with Crippen molar-refractivity contribution in [2.24, 2.45) is 0 Å². The fourth-order valence-corrected chi connectivity index (χ4v) is 1.63. The Kier molecular flexibility index (Phi) is 3.13. The number of nitrogens with zero attached hydrogens (tertiary/aromatic N) is 2. The lowest BCUT2D eigenvalue weighted by Crippen LogP contribution is -2.05. The van der Waals surface area contributed by atoms with Gasteiger partial charge in [0.15, 0.2) is 0 Å². The highest BCUT2D eigenvalue weighted by Crippen LogP contribution is 2.33. The van der Waals surface area contributed by atoms with Crippen molar-refractivity contribution < 1.29 is 13.2 Å². The third-order valence-electron chi connectivity index (χ3n) is 2.51. The normalized spacial score (nSPS) is 11.1. The van der Waals surface area contributed by atoms with E-state index in [0.717, 1.165) is 12.1 Å². The maximum atomic E-state index is 12.6. The van der Waals surface area contributed by atoms with Crippen LogP contribution >= 0.6 is 0 Å². The summed E-state index contributed by atoms with van der Waals surface area (Å²) in [6.45, 7) is 0. The summed E-state index contributed by atoms with van der Waals surface area (Å²) in [4.78, 5) is 3.93. The highest BCUT2D eigenvalue weighted by molar-refractivity contribution is 5.73. The Morgan fingerprint density at radius 2 is 1.95 bits per heavy atom. The Morgan fingerprint density at radius 3 is 2.53 bits per heavy atom. The first-order valence-corrected chi connectivity index (χ1v) is 5.25. The molecule has 0 aliphatic rings. The van der Waals surface area contributed by atoms with E-state index in [0.29, 0.717) is 0 Å². The molecule has 1 heterocycles. The maximum Gasteiger partial charge on any atom is 0.416 e. The van der Waals surface area contributed by atoms with E-state index in [1.807, 2.05) is 6.07 Å². The largest absolute Gasteiger partial charge is 0.416 e. The van der Waals surface area contributed by atoms with E-state index in [2.05, 4.69) is 4.98 Å². The molecule has 0 amide bonds. The van der Waals surface area contributed by atoms with Crippen molar-refractivity contribution in [3.05, 3.63) is 47.7 Å². The minimum Gasteiger partial charge on any atom is -0.397 e. The first-order chi connectivity index (χ1) is 8.91. The van der Waals surface area contributed by atoms with E-state index in [1.165, 1.54) is 24.4 Å². The van der Waals surface area contributed by atoms with E-state index in [4.69, 9.17) is 11.0 Å². The smallest absolute Gasteiger partial charge is 0.397 e. The molecule has 0 bridgehead atoms. The van der Waals surface area contributed by atoms with Crippen LogP contribution in [0.4, 0.5) is 18.9 Å². The van der Waals surface area contributed by atoms with Crippen molar-refractivity contribution in [2.45, 2.75) is 6.18 Å². The zero-order chi connectivity index (χ0) is 14.0. The summed E-state index contributed by atoms with van der Waals surface area (Å²) in [5.41, 5.74) is 5.84. The van der Waals surface area contributed by atoms with Crippen LogP contribution in [0.1, 0.15) is 11.1 Å². The van der Waals surface area contributed by atoms with Crippen molar-refractivity contribution in [2.75, 3.05) is 5.73 Å². The van der Waals surface area contributed by atoms with Crippen molar-refractivity contribution in [1.29, 1.82) is 5.26 Å².